The van der Waals surface area contributed by atoms with Crippen LogP contribution in [-0.2, 0) is 4.74 Å². The maximum absolute atomic E-state index is 12.5. The number of anilines is 2. The Balaban J connectivity index is 0.00000364. The van der Waals surface area contributed by atoms with Gasteiger partial charge in [-0.15, -0.1) is 12.4 Å². The van der Waals surface area contributed by atoms with E-state index in [-0.39, 0.29) is 12.4 Å². The zero-order valence-corrected chi connectivity index (χ0v) is 18.2. The third-order valence-corrected chi connectivity index (χ3v) is 5.10. The van der Waals surface area contributed by atoms with Crippen LogP contribution >= 0.6 is 47.2 Å². The van der Waals surface area contributed by atoms with Crippen molar-refractivity contribution < 1.29 is 9.53 Å². The molecule has 0 saturated heterocycles. The topological polar surface area (TPSA) is 41.6 Å². The second-order valence-corrected chi connectivity index (χ2v) is 6.74. The first-order valence-corrected chi connectivity index (χ1v) is 9.50. The molecule has 0 spiro atoms. The summed E-state index contributed by atoms with van der Waals surface area (Å²) in [6, 6.07) is 10.3. The highest BCUT2D eigenvalue weighted by Crippen LogP contribution is 2.38. The second kappa shape index (κ2) is 11.6. The number of hydrogen-bond acceptors (Lipinski definition) is 4. The molecule has 0 amide bonds. The molecule has 0 fully saturated rings. The molecule has 0 heterocycles. The average Bonchev–Trinajstić information content (AvgIpc) is 2.65. The van der Waals surface area contributed by atoms with Crippen LogP contribution in [0.5, 0.6) is 0 Å². The number of nitrogens with zero attached hydrogens (tertiary/aromatic N) is 1. The first kappa shape index (κ1) is 23.9. The van der Waals surface area contributed by atoms with E-state index in [2.05, 4.69) is 24.1 Å². The minimum atomic E-state index is -0.408. The van der Waals surface area contributed by atoms with Gasteiger partial charge in [0.25, 0.3) is 0 Å². The molecule has 0 aromatic heterocycles. The fraction of sp³-hybridized carbons (Fsp3) is 0.316. The molecular weight excluding hydrogens is 430 g/mol. The molecular formula is C19H22Cl4N2O2. The van der Waals surface area contributed by atoms with E-state index in [4.69, 9.17) is 39.5 Å². The van der Waals surface area contributed by atoms with Crippen molar-refractivity contribution in [1.29, 1.82) is 0 Å². The van der Waals surface area contributed by atoms with Crippen LogP contribution in [0.2, 0.25) is 15.1 Å². The molecule has 2 aromatic carbocycles. The number of para-hydroxylation sites is 1. The third-order valence-electron chi connectivity index (χ3n) is 3.99. The lowest BCUT2D eigenvalue weighted by molar-refractivity contribution is 0.0467. The minimum Gasteiger partial charge on any atom is -0.461 e. The van der Waals surface area contributed by atoms with E-state index in [0.717, 1.165) is 13.1 Å². The van der Waals surface area contributed by atoms with Gasteiger partial charge in [-0.25, -0.2) is 4.79 Å². The SMILES string of the molecule is CCN(CC)CCOC(=O)c1ccccc1Nc1c(Cl)ccc(Cl)c1Cl.Cl. The number of nitrogens with one attached hydrogen (secondary N) is 1. The van der Waals surface area contributed by atoms with Gasteiger partial charge < -0.3 is 15.0 Å². The van der Waals surface area contributed by atoms with Crippen LogP contribution in [0, 0.1) is 0 Å². The highest BCUT2D eigenvalue weighted by atomic mass is 35.5. The first-order chi connectivity index (χ1) is 12.5. The van der Waals surface area contributed by atoms with Crippen LogP contribution in [0.1, 0.15) is 24.2 Å². The fourth-order valence-corrected chi connectivity index (χ4v) is 3.05. The van der Waals surface area contributed by atoms with Gasteiger partial charge in [0.15, 0.2) is 0 Å². The second-order valence-electron chi connectivity index (χ2n) is 5.55. The summed E-state index contributed by atoms with van der Waals surface area (Å²) in [5, 5.41) is 4.17. The van der Waals surface area contributed by atoms with Crippen LogP contribution in [-0.4, -0.2) is 37.1 Å². The van der Waals surface area contributed by atoms with Crippen molar-refractivity contribution >= 4 is 64.6 Å². The Hall–Kier alpha value is -1.17. The van der Waals surface area contributed by atoms with Gasteiger partial charge in [0.05, 0.1) is 32.0 Å². The molecule has 0 radical (unpaired) electrons. The lowest BCUT2D eigenvalue weighted by atomic mass is 10.1. The van der Waals surface area contributed by atoms with Crippen molar-refractivity contribution in [3.8, 4) is 0 Å². The van der Waals surface area contributed by atoms with Gasteiger partial charge in [0, 0.05) is 6.54 Å². The normalized spacial score (nSPS) is 10.4. The summed E-state index contributed by atoms with van der Waals surface area (Å²) in [7, 11) is 0. The van der Waals surface area contributed by atoms with Crippen LogP contribution in [0.4, 0.5) is 11.4 Å². The van der Waals surface area contributed by atoms with Crippen LogP contribution < -0.4 is 5.32 Å². The maximum Gasteiger partial charge on any atom is 0.340 e. The third kappa shape index (κ3) is 6.44. The zero-order chi connectivity index (χ0) is 19.1. The standard InChI is InChI=1S/C19H21Cl3N2O2.ClH/c1-3-24(4-2)11-12-26-19(25)13-7-5-6-8-16(13)23-18-15(21)10-9-14(20)17(18)22;/h5-10,23H,3-4,11-12H2,1-2H3;1H. The van der Waals surface area contributed by atoms with Crippen LogP contribution in [0.15, 0.2) is 36.4 Å². The van der Waals surface area contributed by atoms with E-state index in [1.54, 1.807) is 36.4 Å². The Labute approximate surface area is 181 Å². The highest BCUT2D eigenvalue weighted by Gasteiger charge is 2.16. The minimum absolute atomic E-state index is 0. The number of rotatable bonds is 8. The summed E-state index contributed by atoms with van der Waals surface area (Å²) >= 11 is 18.5. The number of carbonyl (C=O) groups excluding carboxylic acids is 1. The highest BCUT2D eigenvalue weighted by molar-refractivity contribution is 6.46. The van der Waals surface area contributed by atoms with E-state index >= 15 is 0 Å². The zero-order valence-electron chi connectivity index (χ0n) is 15.1. The van der Waals surface area contributed by atoms with E-state index in [9.17, 15) is 4.79 Å². The van der Waals surface area contributed by atoms with Crippen molar-refractivity contribution in [1.82, 2.24) is 4.90 Å². The predicted octanol–water partition coefficient (Wildman–Crippen LogP) is 6.31. The quantitative estimate of drug-likeness (QED) is 0.377. The molecule has 2 rings (SSSR count). The summed E-state index contributed by atoms with van der Waals surface area (Å²) in [4.78, 5) is 14.7. The van der Waals surface area contributed by atoms with Crippen molar-refractivity contribution in [2.75, 3.05) is 31.6 Å². The molecule has 0 bridgehead atoms. The van der Waals surface area contributed by atoms with Crippen molar-refractivity contribution in [2.24, 2.45) is 0 Å². The largest absolute Gasteiger partial charge is 0.461 e. The summed E-state index contributed by atoms with van der Waals surface area (Å²) < 4.78 is 5.41. The fourth-order valence-electron chi connectivity index (χ4n) is 2.43. The van der Waals surface area contributed by atoms with Gasteiger partial charge in [-0.1, -0.05) is 60.8 Å². The van der Waals surface area contributed by atoms with Gasteiger partial charge in [-0.2, -0.15) is 0 Å². The Bertz CT molecular complexity index is 767. The Morgan fingerprint density at radius 2 is 1.67 bits per heavy atom. The lowest BCUT2D eigenvalue weighted by Gasteiger charge is -2.18. The molecule has 0 unspecified atom stereocenters. The van der Waals surface area contributed by atoms with E-state index in [0.29, 0.717) is 45.2 Å². The Kier molecular flexibility index (Phi) is 10.3. The summed E-state index contributed by atoms with van der Waals surface area (Å²) in [6.45, 7) is 7.00. The van der Waals surface area contributed by atoms with E-state index in [1.807, 2.05) is 0 Å². The molecule has 1 N–H and O–H groups in total. The van der Waals surface area contributed by atoms with Gasteiger partial charge in [-0.3, -0.25) is 0 Å². The van der Waals surface area contributed by atoms with Gasteiger partial charge in [0.2, 0.25) is 0 Å². The monoisotopic (exact) mass is 450 g/mol. The number of ether oxygens (including phenoxy) is 1. The van der Waals surface area contributed by atoms with Gasteiger partial charge in [-0.05, 0) is 37.4 Å². The lowest BCUT2D eigenvalue weighted by Crippen LogP contribution is -2.28. The van der Waals surface area contributed by atoms with E-state index < -0.39 is 5.97 Å². The summed E-state index contributed by atoms with van der Waals surface area (Å²) in [6.07, 6.45) is 0. The van der Waals surface area contributed by atoms with Gasteiger partial charge >= 0.3 is 5.97 Å². The number of carbonyl (C=O) groups is 1. The Morgan fingerprint density at radius 1 is 1.04 bits per heavy atom. The van der Waals surface area contributed by atoms with E-state index in [1.165, 1.54) is 0 Å². The molecule has 27 heavy (non-hydrogen) atoms. The van der Waals surface area contributed by atoms with Crippen LogP contribution in [0.25, 0.3) is 0 Å². The van der Waals surface area contributed by atoms with Crippen molar-refractivity contribution in [3.05, 3.63) is 57.0 Å². The maximum atomic E-state index is 12.5. The molecule has 2 aromatic rings. The molecule has 148 valence electrons. The molecule has 0 atom stereocenters. The van der Waals surface area contributed by atoms with Crippen molar-refractivity contribution in [3.63, 3.8) is 0 Å². The predicted molar refractivity (Wildman–Crippen MR) is 117 cm³/mol. The smallest absolute Gasteiger partial charge is 0.340 e. The number of esters is 1. The molecule has 0 aliphatic heterocycles. The molecule has 0 aliphatic rings. The molecule has 8 heteroatoms. The number of benzene rings is 2. The van der Waals surface area contributed by atoms with Crippen LogP contribution in [0.3, 0.4) is 0 Å². The number of hydrogen-bond donors (Lipinski definition) is 1. The Morgan fingerprint density at radius 3 is 2.33 bits per heavy atom. The molecule has 4 nitrogen and oxygen atoms in total. The molecule has 0 saturated carbocycles. The van der Waals surface area contributed by atoms with Gasteiger partial charge in [0.1, 0.15) is 6.61 Å². The summed E-state index contributed by atoms with van der Waals surface area (Å²) in [5.74, 6) is -0.408. The summed E-state index contributed by atoms with van der Waals surface area (Å²) in [5.41, 5.74) is 1.40. The average molecular weight is 452 g/mol. The molecule has 0 aliphatic carbocycles. The number of halogens is 4. The first-order valence-electron chi connectivity index (χ1n) is 8.36. The van der Waals surface area contributed by atoms with Crippen molar-refractivity contribution in [2.45, 2.75) is 13.8 Å². The number of likely N-dealkylation sites (N-methyl/N-ethyl adjacent to an activating group) is 1.